The van der Waals surface area contributed by atoms with Crippen molar-refractivity contribution in [3.8, 4) is 0 Å². The molecule has 0 amide bonds. The lowest BCUT2D eigenvalue weighted by Crippen LogP contribution is -2.39. The molecule has 8 nitrogen and oxygen atoms in total. The van der Waals surface area contributed by atoms with Crippen LogP contribution in [0.3, 0.4) is 0 Å². The summed E-state index contributed by atoms with van der Waals surface area (Å²) in [5.74, 6) is 3.71. The van der Waals surface area contributed by atoms with E-state index in [9.17, 15) is 0 Å². The number of hydrogen-bond acceptors (Lipinski definition) is 6. The van der Waals surface area contributed by atoms with Gasteiger partial charge in [0.15, 0.2) is 11.8 Å². The normalized spacial score (nSPS) is 17.4. The quantitative estimate of drug-likeness (QED) is 0.313. The molecule has 0 saturated carbocycles. The Kier molecular flexibility index (Phi) is 10.5. The highest BCUT2D eigenvalue weighted by Crippen LogP contribution is 2.11. The van der Waals surface area contributed by atoms with Crippen LogP contribution in [0.5, 0.6) is 0 Å². The summed E-state index contributed by atoms with van der Waals surface area (Å²) in [6.45, 7) is 6.48. The topological polar surface area (TPSA) is 85.6 Å². The average Bonchev–Trinajstić information content (AvgIpc) is 3.30. The fourth-order valence-corrected chi connectivity index (χ4v) is 3.14. The zero-order valence-corrected chi connectivity index (χ0v) is 17.7. The van der Waals surface area contributed by atoms with E-state index in [0.717, 1.165) is 75.3 Å². The van der Waals surface area contributed by atoms with Crippen LogP contribution in [0.1, 0.15) is 37.3 Å². The van der Waals surface area contributed by atoms with Crippen LogP contribution in [0.2, 0.25) is 0 Å². The highest BCUT2D eigenvalue weighted by Gasteiger charge is 2.14. The van der Waals surface area contributed by atoms with E-state index < -0.39 is 0 Å². The predicted octanol–water partition coefficient (Wildman–Crippen LogP) is 1.50. The van der Waals surface area contributed by atoms with Gasteiger partial charge in [-0.1, -0.05) is 0 Å². The molecule has 1 unspecified atom stereocenters. The Bertz CT molecular complexity index is 560. The molecule has 0 aliphatic carbocycles. The Morgan fingerprint density at radius 2 is 2.15 bits per heavy atom. The van der Waals surface area contributed by atoms with Crippen molar-refractivity contribution in [1.82, 2.24) is 25.4 Å². The fourth-order valence-electron chi connectivity index (χ4n) is 2.71. The third-order valence-corrected chi connectivity index (χ3v) is 5.16. The van der Waals surface area contributed by atoms with Gasteiger partial charge in [0.1, 0.15) is 12.4 Å². The number of aromatic nitrogens is 3. The number of hydrogen-bond donors (Lipinski definition) is 2. The largest absolute Gasteiger partial charge is 0.379 e. The van der Waals surface area contributed by atoms with Gasteiger partial charge >= 0.3 is 0 Å². The summed E-state index contributed by atoms with van der Waals surface area (Å²) < 4.78 is 13.2. The van der Waals surface area contributed by atoms with E-state index in [1.165, 1.54) is 0 Å². The number of nitrogens with zero attached hydrogens (tertiary/aromatic N) is 4. The van der Waals surface area contributed by atoms with Crippen LogP contribution in [-0.2, 0) is 23.1 Å². The van der Waals surface area contributed by atoms with Gasteiger partial charge in [0.2, 0.25) is 0 Å². The van der Waals surface area contributed by atoms with E-state index in [-0.39, 0.29) is 0 Å². The minimum absolute atomic E-state index is 0.294. The minimum Gasteiger partial charge on any atom is -0.379 e. The van der Waals surface area contributed by atoms with E-state index in [1.807, 2.05) is 30.3 Å². The van der Waals surface area contributed by atoms with Gasteiger partial charge in [-0.05, 0) is 44.6 Å². The molecule has 1 aromatic heterocycles. The Labute approximate surface area is 166 Å². The Morgan fingerprint density at radius 3 is 2.81 bits per heavy atom. The number of rotatable bonds is 12. The highest BCUT2D eigenvalue weighted by atomic mass is 32.2. The maximum absolute atomic E-state index is 5.71. The van der Waals surface area contributed by atoms with Crippen LogP contribution in [0.15, 0.2) is 4.99 Å². The van der Waals surface area contributed by atoms with Gasteiger partial charge in [-0.3, -0.25) is 0 Å². The Hall–Kier alpha value is -1.32. The van der Waals surface area contributed by atoms with Crippen LogP contribution >= 0.6 is 11.8 Å². The smallest absolute Gasteiger partial charge is 0.191 e. The number of aryl methyl sites for hydroxylation is 1. The summed E-state index contributed by atoms with van der Waals surface area (Å²) >= 11 is 1.86. The number of nitrogens with one attached hydrogen (secondary N) is 2. The number of aliphatic imine (C=N–C) groups is 1. The summed E-state index contributed by atoms with van der Waals surface area (Å²) in [6, 6.07) is 0. The lowest BCUT2D eigenvalue weighted by Gasteiger charge is -2.13. The zero-order valence-electron chi connectivity index (χ0n) is 16.9. The first-order valence-corrected chi connectivity index (χ1v) is 11.2. The van der Waals surface area contributed by atoms with Gasteiger partial charge in [-0.15, -0.1) is 10.2 Å². The van der Waals surface area contributed by atoms with E-state index in [1.54, 1.807) is 0 Å². The number of thioether (sulfide) groups is 1. The maximum Gasteiger partial charge on any atom is 0.191 e. The molecule has 2 rings (SSSR count). The second-order valence-electron chi connectivity index (χ2n) is 6.65. The first kappa shape index (κ1) is 22.0. The summed E-state index contributed by atoms with van der Waals surface area (Å²) in [5, 5.41) is 15.0. The summed E-state index contributed by atoms with van der Waals surface area (Å²) in [7, 11) is 1.96. The first-order valence-electron chi connectivity index (χ1n) is 9.76. The van der Waals surface area contributed by atoms with Crippen LogP contribution in [0, 0.1) is 6.92 Å². The van der Waals surface area contributed by atoms with Crippen molar-refractivity contribution in [1.29, 1.82) is 0 Å². The van der Waals surface area contributed by atoms with E-state index in [4.69, 9.17) is 9.47 Å². The number of ether oxygens (including phenoxy) is 2. The maximum atomic E-state index is 5.71. The monoisotopic (exact) mass is 398 g/mol. The molecule has 1 saturated heterocycles. The predicted molar refractivity (Wildman–Crippen MR) is 110 cm³/mol. The van der Waals surface area contributed by atoms with E-state index >= 15 is 0 Å². The van der Waals surface area contributed by atoms with Gasteiger partial charge in [-0.25, -0.2) is 4.99 Å². The van der Waals surface area contributed by atoms with Crippen molar-refractivity contribution >= 4 is 17.7 Å². The first-order chi connectivity index (χ1) is 13.2. The molecule has 9 heteroatoms. The van der Waals surface area contributed by atoms with Gasteiger partial charge in [0.25, 0.3) is 0 Å². The second kappa shape index (κ2) is 13.0. The molecule has 154 valence electrons. The zero-order chi connectivity index (χ0) is 19.3. The molecule has 27 heavy (non-hydrogen) atoms. The summed E-state index contributed by atoms with van der Waals surface area (Å²) in [5.41, 5.74) is 0. The van der Waals surface area contributed by atoms with Crippen LogP contribution < -0.4 is 10.6 Å². The van der Waals surface area contributed by atoms with Crippen molar-refractivity contribution < 1.29 is 9.47 Å². The lowest BCUT2D eigenvalue weighted by molar-refractivity contribution is 0.0168. The molecule has 0 aromatic carbocycles. The lowest BCUT2D eigenvalue weighted by atomic mass is 10.2. The SMILES string of the molecule is CSCCCNC(=NCc1nnc(C)n1C)NCCCOCC1CCCO1. The minimum atomic E-state index is 0.294. The van der Waals surface area contributed by atoms with Gasteiger partial charge in [-0.2, -0.15) is 11.8 Å². The summed E-state index contributed by atoms with van der Waals surface area (Å²) in [6.07, 6.45) is 6.74. The molecule has 0 bridgehead atoms. The number of guanidine groups is 1. The molecule has 0 radical (unpaired) electrons. The van der Waals surface area contributed by atoms with Crippen LogP contribution in [-0.4, -0.2) is 71.7 Å². The fraction of sp³-hybridized carbons (Fsp3) is 0.833. The molecule has 2 N–H and O–H groups in total. The third kappa shape index (κ3) is 8.49. The second-order valence-corrected chi connectivity index (χ2v) is 7.64. The Morgan fingerprint density at radius 1 is 1.33 bits per heavy atom. The molecule has 2 heterocycles. The van der Waals surface area contributed by atoms with Gasteiger partial charge in [0, 0.05) is 33.4 Å². The molecule has 1 fully saturated rings. The van der Waals surface area contributed by atoms with E-state index in [2.05, 4.69) is 32.1 Å². The average molecular weight is 399 g/mol. The Balaban J connectivity index is 1.69. The highest BCUT2D eigenvalue weighted by molar-refractivity contribution is 7.98. The van der Waals surface area contributed by atoms with Crippen LogP contribution in [0.4, 0.5) is 0 Å². The molecule has 1 aliphatic rings. The van der Waals surface area contributed by atoms with E-state index in [0.29, 0.717) is 19.3 Å². The molecular formula is C18H34N6O2S. The molecule has 1 atom stereocenters. The van der Waals surface area contributed by atoms with Crippen molar-refractivity contribution in [2.75, 3.05) is 44.9 Å². The molecule has 1 aromatic rings. The van der Waals surface area contributed by atoms with Crippen molar-refractivity contribution in [3.05, 3.63) is 11.6 Å². The molecular weight excluding hydrogens is 364 g/mol. The van der Waals surface area contributed by atoms with Crippen molar-refractivity contribution in [2.24, 2.45) is 12.0 Å². The summed E-state index contributed by atoms with van der Waals surface area (Å²) in [4.78, 5) is 4.65. The van der Waals surface area contributed by atoms with Crippen molar-refractivity contribution in [2.45, 2.75) is 45.3 Å². The molecule has 0 spiro atoms. The third-order valence-electron chi connectivity index (χ3n) is 4.46. The van der Waals surface area contributed by atoms with Gasteiger partial charge < -0.3 is 24.7 Å². The van der Waals surface area contributed by atoms with Crippen LogP contribution in [0.25, 0.3) is 0 Å². The van der Waals surface area contributed by atoms with Crippen molar-refractivity contribution in [3.63, 3.8) is 0 Å². The van der Waals surface area contributed by atoms with Gasteiger partial charge in [0.05, 0.1) is 12.7 Å². The molecule has 1 aliphatic heterocycles. The standard InChI is InChI=1S/C18H34N6O2S/c1-15-22-23-17(24(15)2)13-21-18(20-9-6-12-27-3)19-8-5-10-25-14-16-7-4-11-26-16/h16H,4-14H2,1-3H3,(H2,19,20,21).